The second-order valence-corrected chi connectivity index (χ2v) is 51.8. The summed E-state index contributed by atoms with van der Waals surface area (Å²) in [7, 11) is 6.48. The zero-order valence-electron chi connectivity index (χ0n) is 93.0. The van der Waals surface area contributed by atoms with E-state index < -0.39 is 11.4 Å². The Hall–Kier alpha value is -5.45. The number of nitrogens with zero attached hydrogens (tertiary/aromatic N) is 15. The first-order chi connectivity index (χ1) is 64.7. The van der Waals surface area contributed by atoms with Crippen LogP contribution >= 0.6 is 0 Å². The molecule has 139 heavy (non-hydrogen) atoms. The van der Waals surface area contributed by atoms with Crippen LogP contribution in [0.3, 0.4) is 0 Å². The lowest BCUT2D eigenvalue weighted by atomic mass is 9.60. The fourth-order valence-electron chi connectivity index (χ4n) is 20.9. The number of piperazine rings is 2. The van der Waals surface area contributed by atoms with Gasteiger partial charge in [-0.3, -0.25) is 58.2 Å². The number of hydrogen-bond donors (Lipinski definition) is 0. The number of carbonyl (C=O) groups is 7. The summed E-state index contributed by atoms with van der Waals surface area (Å²) in [5, 5.41) is 18.1. The summed E-state index contributed by atoms with van der Waals surface area (Å²) in [6, 6.07) is 8.72. The van der Waals surface area contributed by atoms with Crippen molar-refractivity contribution in [2.45, 2.75) is 368 Å². The molecule has 0 aromatic heterocycles. The minimum atomic E-state index is -0.466. The van der Waals surface area contributed by atoms with Crippen LogP contribution in [0.1, 0.15) is 308 Å². The molecule has 13 fully saturated rings. The Bertz CT molecular complexity index is 3740. The molecule has 0 N–H and O–H groups in total. The molecular weight excluding hydrogens is 1760 g/mol. The highest BCUT2D eigenvalue weighted by Gasteiger charge is 2.54. The van der Waals surface area contributed by atoms with Gasteiger partial charge in [0, 0.05) is 250 Å². The Balaban J connectivity index is 0.000000221. The molecule has 800 valence electrons. The second-order valence-electron chi connectivity index (χ2n) is 51.8. The third-order valence-electron chi connectivity index (χ3n) is 29.5. The number of carbonyl (C=O) groups excluding carboxylic acids is 7. The fraction of sp³-hybridized carbons (Fsp3) is 0.917. The fourth-order valence-corrected chi connectivity index (χ4v) is 20.9. The summed E-state index contributed by atoms with van der Waals surface area (Å²) in [4.78, 5) is 114. The highest BCUT2D eigenvalue weighted by atomic mass is 16.7. The summed E-state index contributed by atoms with van der Waals surface area (Å²) in [6.07, 6.45) is 19.3. The van der Waals surface area contributed by atoms with E-state index >= 15 is 0 Å². The maximum absolute atomic E-state index is 12.3. The van der Waals surface area contributed by atoms with Crippen LogP contribution in [0.2, 0.25) is 0 Å². The molecule has 0 radical (unpaired) electrons. The standard InChI is InChI=1S/C17H29N3O.C17H32N2O3.C16H30N2O3.C16H30N2O2.C15H28N2O2.C14H26N2O2.C14H24N2O2/c1-17(2,3)11-16(21)19-9-6-15(7-10-19)20-8-4-5-14(12-18)13-20;1-16(2,3)12-15(20)19-8-6-14(7-9-19)18(5)13-17(4)21-10-11-22-17;1-16(2,3)11-14(19)18-7-5-13(6-8-18)17(4)12-15-20-9-10-21-15;1-16(2,3)11-15(19)18-8-5-13(6-9-18)17(4)14-7-10-20-12-14;1-15(2,3)12-14(18)17-8-6-16(7-9-17)13-4-10-19-11-5-13;1-14(2,3)10-13(17)16-7-5-15(6-8-16)12-4-9-18-11-12;1-12(2,3)14(7-8-15)9-16(10-14)11(17)18-13(4,5)6/h14-15H,4-11,13H2,1-3H3;14H,6-13H2,1-5H3;13,15H,5-12H2,1-4H3;13-14H,5-12H2,1-4H3;13H,4-12H2,1-3H3;12H,4-11H2,1-3H3;7,9-10H2,1-6H3/t14-;;;14-;;;/m1..0.../s1. The molecule has 0 saturated carbocycles. The number of amides is 7. The van der Waals surface area contributed by atoms with Crippen LogP contribution in [0.5, 0.6) is 0 Å². The van der Waals surface area contributed by atoms with Gasteiger partial charge >= 0.3 is 6.09 Å². The van der Waals surface area contributed by atoms with E-state index in [0.717, 1.165) is 260 Å². The van der Waals surface area contributed by atoms with Crippen molar-refractivity contribution >= 4 is 41.5 Å². The molecule has 3 atom stereocenters. The van der Waals surface area contributed by atoms with Gasteiger partial charge in [-0.15, -0.1) is 0 Å². The summed E-state index contributed by atoms with van der Waals surface area (Å²) >= 11 is 0. The molecule has 0 aromatic carbocycles. The molecule has 13 rings (SSSR count). The van der Waals surface area contributed by atoms with E-state index in [1.54, 1.807) is 4.90 Å². The normalized spacial score (nSPS) is 23.7. The van der Waals surface area contributed by atoms with E-state index in [1.807, 2.05) is 52.2 Å². The van der Waals surface area contributed by atoms with Gasteiger partial charge in [0.15, 0.2) is 12.1 Å². The molecule has 13 heterocycles. The van der Waals surface area contributed by atoms with Crippen LogP contribution in [-0.4, -0.2) is 396 Å². The Morgan fingerprint density at radius 3 is 1.08 bits per heavy atom. The molecule has 13 aliphatic rings. The summed E-state index contributed by atoms with van der Waals surface area (Å²) < 4.78 is 44.0. The van der Waals surface area contributed by atoms with Crippen LogP contribution in [0.4, 0.5) is 4.79 Å². The van der Waals surface area contributed by atoms with Gasteiger partial charge in [0.25, 0.3) is 0 Å². The SMILES string of the molecule is CC(C)(C)CC(=O)N1CCC(N2CCC[C@H](C#N)C2)CC1.CC(C)(C)CC(=O)N1CCN(C2CCOC2)CC1.CC(C)(C)CC(=O)N1CCN(C2CCOCC2)CC1.CC(C)(C)OC(=O)N1CC(CC#N)(C(C)(C)C)C1.CN(C1CCN(C(=O)CC(C)(C)C)CC1)[C@H]1CCOC1.CN(CC1(C)OCCO1)C1CCN(C(=O)CC(C)(C)C)CC1.CN(CC1OCCO1)C1CCN(C(=O)CC(C)(C)C)CC1. The van der Waals surface area contributed by atoms with Crippen LogP contribution in [0.15, 0.2) is 0 Å². The largest absolute Gasteiger partial charge is 0.444 e. The molecule has 13 saturated heterocycles. The van der Waals surface area contributed by atoms with Crippen molar-refractivity contribution in [1.82, 2.24) is 63.7 Å². The Morgan fingerprint density at radius 2 is 0.719 bits per heavy atom. The first-order valence-corrected chi connectivity index (χ1v) is 53.7. The third kappa shape index (κ3) is 43.6. The zero-order chi connectivity index (χ0) is 103. The second kappa shape index (κ2) is 54.8. The van der Waals surface area contributed by atoms with Gasteiger partial charge in [-0.05, 0) is 183 Å². The van der Waals surface area contributed by atoms with Gasteiger partial charge in [0.1, 0.15) is 5.60 Å². The van der Waals surface area contributed by atoms with E-state index in [1.165, 1.54) is 0 Å². The average Bonchev–Trinajstić information content (AvgIpc) is 1.40. The summed E-state index contributed by atoms with van der Waals surface area (Å²) in [5.74, 6) is 1.59. The molecule has 30 heteroatoms. The number of rotatable bonds is 18. The van der Waals surface area contributed by atoms with Crippen molar-refractivity contribution in [2.24, 2.45) is 49.2 Å². The van der Waals surface area contributed by atoms with Gasteiger partial charge in [-0.1, -0.05) is 145 Å². The molecule has 13 aliphatic heterocycles. The maximum atomic E-state index is 12.3. The number of likely N-dealkylation sites (N-methyl/N-ethyl adjacent to an activating group) is 3. The van der Waals surface area contributed by atoms with Crippen LogP contribution in [0, 0.1) is 71.9 Å². The van der Waals surface area contributed by atoms with Crippen LogP contribution in [-0.2, 0) is 66.7 Å². The van der Waals surface area contributed by atoms with Gasteiger partial charge in [0.2, 0.25) is 35.4 Å². The van der Waals surface area contributed by atoms with Crippen molar-refractivity contribution in [1.29, 1.82) is 10.5 Å². The Kier molecular flexibility index (Phi) is 47.5. The quantitative estimate of drug-likeness (QED) is 0.123. The van der Waals surface area contributed by atoms with Gasteiger partial charge < -0.3 is 72.2 Å². The minimum Gasteiger partial charge on any atom is -0.444 e. The van der Waals surface area contributed by atoms with Crippen LogP contribution < -0.4 is 0 Å². The third-order valence-corrected chi connectivity index (χ3v) is 29.5. The topological polar surface area (TPSA) is 283 Å². The maximum Gasteiger partial charge on any atom is 0.410 e. The molecular formula is C109H199N15O15. The molecule has 0 spiro atoms. The van der Waals surface area contributed by atoms with E-state index in [0.29, 0.717) is 162 Å². The molecule has 7 amide bonds. The average molecular weight is 1960 g/mol. The van der Waals surface area contributed by atoms with Gasteiger partial charge in [-0.2, -0.15) is 10.5 Å². The molecule has 1 unspecified atom stereocenters. The molecule has 30 nitrogen and oxygen atoms in total. The Morgan fingerprint density at radius 1 is 0.367 bits per heavy atom. The first-order valence-electron chi connectivity index (χ1n) is 53.7. The van der Waals surface area contributed by atoms with Crippen molar-refractivity contribution < 1.29 is 71.5 Å². The number of likely N-dealkylation sites (tertiary alicyclic amines) is 6. The number of hydrogen-bond acceptors (Lipinski definition) is 23. The lowest BCUT2D eigenvalue weighted by molar-refractivity contribution is -0.159. The highest BCUT2D eigenvalue weighted by Crippen LogP contribution is 2.49. The summed E-state index contributed by atoms with van der Waals surface area (Å²) in [5.41, 5.74) is -0.0697. The lowest BCUT2D eigenvalue weighted by Gasteiger charge is -2.56. The highest BCUT2D eigenvalue weighted by molar-refractivity contribution is 5.79. The molecule has 0 bridgehead atoms. The first kappa shape index (κ1) is 120. The van der Waals surface area contributed by atoms with Crippen molar-refractivity contribution in [3.8, 4) is 12.1 Å². The number of nitriles is 2. The van der Waals surface area contributed by atoms with E-state index in [2.05, 4.69) is 213 Å². The van der Waals surface area contributed by atoms with Gasteiger partial charge in [0.05, 0.1) is 64.2 Å². The van der Waals surface area contributed by atoms with Crippen molar-refractivity contribution in [3.63, 3.8) is 0 Å². The number of piperidine rings is 5. The zero-order valence-corrected chi connectivity index (χ0v) is 93.0. The summed E-state index contributed by atoms with van der Waals surface area (Å²) in [6.45, 7) is 79.8. The van der Waals surface area contributed by atoms with Crippen LogP contribution in [0.25, 0.3) is 0 Å². The van der Waals surface area contributed by atoms with E-state index in [4.69, 9.17) is 48.4 Å². The predicted molar refractivity (Wildman–Crippen MR) is 550 cm³/mol. The molecule has 0 aliphatic carbocycles. The van der Waals surface area contributed by atoms with Crippen molar-refractivity contribution in [3.05, 3.63) is 0 Å². The monoisotopic (exact) mass is 1960 g/mol. The number of ether oxygens (including phenoxy) is 8. The molecule has 0 aromatic rings. The van der Waals surface area contributed by atoms with Gasteiger partial charge in [-0.25, -0.2) is 4.79 Å². The van der Waals surface area contributed by atoms with Crippen molar-refractivity contribution in [2.75, 3.05) is 231 Å². The van der Waals surface area contributed by atoms with E-state index in [-0.39, 0.29) is 61.6 Å². The minimum absolute atomic E-state index is 0.0151. The smallest absolute Gasteiger partial charge is 0.410 e. The Labute approximate surface area is 843 Å². The van der Waals surface area contributed by atoms with E-state index in [9.17, 15) is 33.6 Å². The predicted octanol–water partition coefficient (Wildman–Crippen LogP) is 14.9. The lowest BCUT2D eigenvalue weighted by Crippen LogP contribution is -2.64.